The number of carboxylic acids is 2. The molecule has 0 spiro atoms. The highest BCUT2D eigenvalue weighted by Gasteiger charge is 2.23. The van der Waals surface area contributed by atoms with Crippen LogP contribution in [0.1, 0.15) is 19.4 Å². The second kappa shape index (κ2) is 7.19. The first kappa shape index (κ1) is 17.9. The van der Waals surface area contributed by atoms with Gasteiger partial charge in [-0.2, -0.15) is 0 Å². The topological polar surface area (TPSA) is 126 Å². The first-order chi connectivity index (χ1) is 10.1. The largest absolute Gasteiger partial charge is 0.548 e. The number of hydrogen-bond donors (Lipinski definition) is 1. The van der Waals surface area contributed by atoms with Gasteiger partial charge in [-0.3, -0.25) is 0 Å². The molecule has 22 heavy (non-hydrogen) atoms. The molecule has 0 saturated heterocycles. The number of carbonyl (C=O) groups excluding carboxylic acids is 2. The van der Waals surface area contributed by atoms with Crippen LogP contribution in [0.2, 0.25) is 0 Å². The number of aliphatic carboxylic acids is 2. The Hall–Kier alpha value is -2.19. The van der Waals surface area contributed by atoms with Gasteiger partial charge in [-0.05, 0) is 29.7 Å². The average Bonchev–Trinajstić information content (AvgIpc) is 2.42. The maximum atomic E-state index is 12.1. The molecule has 0 bridgehead atoms. The van der Waals surface area contributed by atoms with E-state index in [0.29, 0.717) is 5.56 Å². The Balaban J connectivity index is 2.99. The molecule has 0 aromatic heterocycles. The second-order valence-electron chi connectivity index (χ2n) is 4.88. The lowest BCUT2D eigenvalue weighted by molar-refractivity contribution is -0.309. The molecule has 0 heterocycles. The fourth-order valence-electron chi connectivity index (χ4n) is 1.61. The fraction of sp³-hybridized carbons (Fsp3) is 0.286. The Morgan fingerprint density at radius 3 is 2.09 bits per heavy atom. The molecule has 1 atom stereocenters. The fourth-order valence-corrected chi connectivity index (χ4v) is 2.95. The van der Waals surface area contributed by atoms with Crippen LogP contribution in [0.25, 0.3) is 6.08 Å². The molecule has 7 nitrogen and oxygen atoms in total. The number of carboxylic acid groups (broad SMARTS) is 2. The van der Waals surface area contributed by atoms with Gasteiger partial charge in [-0.25, -0.2) is 13.1 Å². The van der Waals surface area contributed by atoms with Crippen LogP contribution in [0, 0.1) is 5.92 Å². The third kappa shape index (κ3) is 4.97. The highest BCUT2D eigenvalue weighted by atomic mass is 32.2. The molecule has 0 saturated carbocycles. The minimum Gasteiger partial charge on any atom is -0.548 e. The lowest BCUT2D eigenvalue weighted by Gasteiger charge is -2.23. The van der Waals surface area contributed by atoms with E-state index in [0.717, 1.165) is 6.08 Å². The van der Waals surface area contributed by atoms with E-state index in [1.807, 2.05) is 0 Å². The monoisotopic (exact) mass is 325 g/mol. The number of nitrogens with one attached hydrogen (secondary N) is 1. The number of benzene rings is 1. The molecule has 0 aliphatic heterocycles. The van der Waals surface area contributed by atoms with Crippen LogP contribution in [0.4, 0.5) is 0 Å². The third-order valence-corrected chi connectivity index (χ3v) is 4.26. The molecule has 120 valence electrons. The van der Waals surface area contributed by atoms with Crippen LogP contribution in [0.5, 0.6) is 0 Å². The lowest BCUT2D eigenvalue weighted by Crippen LogP contribution is -2.50. The van der Waals surface area contributed by atoms with Gasteiger partial charge in [-0.1, -0.05) is 32.1 Å². The van der Waals surface area contributed by atoms with Gasteiger partial charge >= 0.3 is 0 Å². The summed E-state index contributed by atoms with van der Waals surface area (Å²) < 4.78 is 26.3. The van der Waals surface area contributed by atoms with E-state index in [2.05, 4.69) is 4.72 Å². The van der Waals surface area contributed by atoms with Crippen molar-refractivity contribution in [2.75, 3.05) is 0 Å². The van der Waals surface area contributed by atoms with Crippen molar-refractivity contribution in [2.24, 2.45) is 5.92 Å². The number of carbonyl (C=O) groups is 2. The number of hydrogen-bond acceptors (Lipinski definition) is 6. The predicted octanol–water partition coefficient (Wildman–Crippen LogP) is -1.50. The van der Waals surface area contributed by atoms with Crippen molar-refractivity contribution in [3.63, 3.8) is 0 Å². The molecule has 1 N–H and O–H groups in total. The van der Waals surface area contributed by atoms with Gasteiger partial charge in [0.25, 0.3) is 0 Å². The Morgan fingerprint density at radius 2 is 1.68 bits per heavy atom. The van der Waals surface area contributed by atoms with Crippen molar-refractivity contribution < 1.29 is 28.2 Å². The van der Waals surface area contributed by atoms with Gasteiger partial charge in [0.1, 0.15) is 0 Å². The first-order valence-electron chi connectivity index (χ1n) is 6.36. The van der Waals surface area contributed by atoms with Crippen molar-refractivity contribution in [1.82, 2.24) is 4.72 Å². The lowest BCUT2D eigenvalue weighted by atomic mass is 10.1. The minimum atomic E-state index is -4.02. The van der Waals surface area contributed by atoms with Gasteiger partial charge < -0.3 is 19.8 Å². The second-order valence-corrected chi connectivity index (χ2v) is 6.60. The summed E-state index contributed by atoms with van der Waals surface area (Å²) in [5, 5.41) is 21.2. The van der Waals surface area contributed by atoms with E-state index in [9.17, 15) is 28.2 Å². The zero-order valence-corrected chi connectivity index (χ0v) is 12.8. The van der Waals surface area contributed by atoms with Crippen molar-refractivity contribution in [1.29, 1.82) is 0 Å². The molecule has 0 unspecified atom stereocenters. The zero-order chi connectivity index (χ0) is 16.9. The van der Waals surface area contributed by atoms with Crippen LogP contribution in [0.15, 0.2) is 35.2 Å². The highest BCUT2D eigenvalue weighted by Crippen LogP contribution is 2.13. The molecular formula is C14H15NO6S-2. The summed E-state index contributed by atoms with van der Waals surface area (Å²) >= 11 is 0. The van der Waals surface area contributed by atoms with E-state index < -0.39 is 33.9 Å². The number of rotatable bonds is 7. The number of sulfonamides is 1. The normalized spacial score (nSPS) is 13.4. The summed E-state index contributed by atoms with van der Waals surface area (Å²) in [5.41, 5.74) is 0.462. The molecule has 0 amide bonds. The van der Waals surface area contributed by atoms with Crippen LogP contribution in [-0.4, -0.2) is 26.4 Å². The first-order valence-corrected chi connectivity index (χ1v) is 7.84. The smallest absolute Gasteiger partial charge is 0.241 e. The van der Waals surface area contributed by atoms with E-state index in [4.69, 9.17) is 0 Å². The zero-order valence-electron chi connectivity index (χ0n) is 12.0. The van der Waals surface area contributed by atoms with E-state index in [1.165, 1.54) is 30.3 Å². The summed E-state index contributed by atoms with van der Waals surface area (Å²) in [4.78, 5) is 21.1. The molecule has 1 aromatic rings. The van der Waals surface area contributed by atoms with E-state index >= 15 is 0 Å². The van der Waals surface area contributed by atoms with Gasteiger partial charge in [0.2, 0.25) is 10.0 Å². The highest BCUT2D eigenvalue weighted by molar-refractivity contribution is 7.89. The van der Waals surface area contributed by atoms with Crippen molar-refractivity contribution in [2.45, 2.75) is 24.8 Å². The maximum absolute atomic E-state index is 12.1. The third-order valence-electron chi connectivity index (χ3n) is 2.80. The van der Waals surface area contributed by atoms with E-state index in [-0.39, 0.29) is 4.90 Å². The predicted molar refractivity (Wildman–Crippen MR) is 74.4 cm³/mol. The molecule has 0 aliphatic rings. The summed E-state index contributed by atoms with van der Waals surface area (Å²) in [6.07, 6.45) is 2.06. The summed E-state index contributed by atoms with van der Waals surface area (Å²) in [7, 11) is -4.02. The SMILES string of the molecule is CC(C)[C@@H](NS(=O)(=O)c1ccc(/C=C/C(=O)[O-])cc1)C(=O)[O-]. The van der Waals surface area contributed by atoms with Crippen LogP contribution in [-0.2, 0) is 19.6 Å². The van der Waals surface area contributed by atoms with Crippen LogP contribution in [0.3, 0.4) is 0 Å². The Morgan fingerprint density at radius 1 is 1.14 bits per heavy atom. The molecule has 0 aliphatic carbocycles. The molecule has 0 fully saturated rings. The summed E-state index contributed by atoms with van der Waals surface area (Å²) in [6.45, 7) is 3.10. The quantitative estimate of drug-likeness (QED) is 0.608. The average molecular weight is 325 g/mol. The molecule has 8 heteroatoms. The van der Waals surface area contributed by atoms with Crippen LogP contribution >= 0.6 is 0 Å². The summed E-state index contributed by atoms with van der Waals surface area (Å²) in [6, 6.07) is 3.91. The Bertz CT molecular complexity index is 676. The van der Waals surface area contributed by atoms with Crippen molar-refractivity contribution in [3.05, 3.63) is 35.9 Å². The van der Waals surface area contributed by atoms with Gasteiger partial charge in [-0.15, -0.1) is 0 Å². The Labute approximate surface area is 128 Å². The van der Waals surface area contributed by atoms with E-state index in [1.54, 1.807) is 13.8 Å². The standard InChI is InChI=1S/C14H17NO6S/c1-9(2)13(14(18)19)15-22(20,21)11-6-3-10(4-7-11)5-8-12(16)17/h3-9,13,15H,1-2H3,(H,16,17)(H,18,19)/p-2/b8-5+/t13-/m1/s1. The minimum absolute atomic E-state index is 0.134. The molecule has 0 radical (unpaired) electrons. The van der Waals surface area contributed by atoms with Crippen LogP contribution < -0.4 is 14.9 Å². The van der Waals surface area contributed by atoms with Crippen molar-refractivity contribution >= 4 is 28.0 Å². The van der Waals surface area contributed by atoms with Gasteiger partial charge in [0, 0.05) is 0 Å². The molecule has 1 rings (SSSR count). The van der Waals surface area contributed by atoms with Gasteiger partial charge in [0.15, 0.2) is 0 Å². The maximum Gasteiger partial charge on any atom is 0.241 e. The summed E-state index contributed by atoms with van der Waals surface area (Å²) in [5.74, 6) is -3.36. The van der Waals surface area contributed by atoms with Gasteiger partial charge in [0.05, 0.1) is 22.9 Å². The Kier molecular flexibility index (Phi) is 5.84. The molecule has 1 aromatic carbocycles. The molecular weight excluding hydrogens is 310 g/mol. The van der Waals surface area contributed by atoms with Crippen molar-refractivity contribution in [3.8, 4) is 0 Å².